The maximum Gasteiger partial charge on any atom is 0.198 e. The minimum absolute atomic E-state index is 0. The van der Waals surface area contributed by atoms with Crippen molar-refractivity contribution in [2.75, 3.05) is 0 Å². The van der Waals surface area contributed by atoms with Gasteiger partial charge in [0.2, 0.25) is 0 Å². The molecule has 0 aliphatic rings. The Morgan fingerprint density at radius 3 is 1.33 bits per heavy atom. The summed E-state index contributed by atoms with van der Waals surface area (Å²) in [6, 6.07) is 0. The minimum atomic E-state index is -1.58. The maximum absolute atomic E-state index is 5.97. The van der Waals surface area contributed by atoms with Gasteiger partial charge < -0.3 is 4.12 Å². The molecule has 0 unspecified atom stereocenters. The third-order valence-corrected chi connectivity index (χ3v) is 7.68. The van der Waals surface area contributed by atoms with E-state index < -0.39 is 16.6 Å². The van der Waals surface area contributed by atoms with Crippen LogP contribution in [0.15, 0.2) is 24.6 Å². The van der Waals surface area contributed by atoms with E-state index >= 15 is 0 Å². The Labute approximate surface area is 92.4 Å². The topological polar surface area (TPSA) is 9.23 Å². The Hall–Kier alpha value is 0.562. The summed E-state index contributed by atoms with van der Waals surface area (Å²) in [4.78, 5) is 0. The van der Waals surface area contributed by atoms with Crippen LogP contribution < -0.4 is 0 Å². The summed E-state index contributed by atoms with van der Waals surface area (Å²) in [5.74, 6) is 0. The van der Waals surface area contributed by atoms with Crippen LogP contribution in [0.2, 0.25) is 26.2 Å². The van der Waals surface area contributed by atoms with E-state index in [9.17, 15) is 0 Å². The van der Waals surface area contributed by atoms with E-state index in [-0.39, 0.29) is 21.1 Å². The van der Waals surface area contributed by atoms with Crippen LogP contribution in [-0.4, -0.2) is 16.6 Å². The van der Waals surface area contributed by atoms with Gasteiger partial charge in [0, 0.05) is 21.1 Å². The molecule has 0 atom stereocenters. The van der Waals surface area contributed by atoms with Crippen LogP contribution >= 0.6 is 0 Å². The van der Waals surface area contributed by atoms with Gasteiger partial charge in [-0.25, -0.2) is 0 Å². The summed E-state index contributed by atoms with van der Waals surface area (Å²) in [6.45, 7) is 16.2. The summed E-state index contributed by atoms with van der Waals surface area (Å²) < 4.78 is 5.97. The molecule has 0 radical (unpaired) electrons. The van der Waals surface area contributed by atoms with Crippen LogP contribution in [0, 0.1) is 0 Å². The molecule has 0 aromatic rings. The number of rotatable bonds is 4. The molecule has 0 aromatic carbocycles. The van der Waals surface area contributed by atoms with Crippen molar-refractivity contribution in [1.82, 2.24) is 0 Å². The second-order valence-electron chi connectivity index (χ2n) is 3.72. The van der Waals surface area contributed by atoms with E-state index in [2.05, 4.69) is 39.3 Å². The van der Waals surface area contributed by atoms with E-state index in [4.69, 9.17) is 4.12 Å². The van der Waals surface area contributed by atoms with Crippen LogP contribution in [0.25, 0.3) is 0 Å². The average molecular weight is 381 g/mol. The van der Waals surface area contributed by atoms with Crippen LogP contribution in [-0.2, 0) is 25.2 Å². The largest absolute Gasteiger partial charge is 0.449 e. The third-order valence-electron chi connectivity index (χ3n) is 1.51. The van der Waals surface area contributed by atoms with Crippen LogP contribution in [0.4, 0.5) is 0 Å². The number of hydrogen-bond donors (Lipinski definition) is 0. The SMILES string of the molecule is C=C[Si](C)(C)O[Si](C)(C)C=C.[Pt]. The zero-order chi connectivity index (χ0) is 9.12. The van der Waals surface area contributed by atoms with Crippen molar-refractivity contribution in [3.8, 4) is 0 Å². The zero-order valence-electron chi connectivity index (χ0n) is 8.29. The number of hydrogen-bond acceptors (Lipinski definition) is 1. The standard InChI is InChI=1S/C8H18OSi2.Pt/c1-7-10(3,4)9-11(5,6)8-2;/h7-8H,1-2H2,3-6H3;. The van der Waals surface area contributed by atoms with Gasteiger partial charge in [0.05, 0.1) is 0 Å². The molecule has 12 heavy (non-hydrogen) atoms. The molecule has 0 saturated carbocycles. The Morgan fingerprint density at radius 2 is 1.17 bits per heavy atom. The molecule has 0 N–H and O–H groups in total. The van der Waals surface area contributed by atoms with Crippen molar-refractivity contribution in [1.29, 1.82) is 0 Å². The zero-order valence-corrected chi connectivity index (χ0v) is 12.6. The molecular formula is C8H18OPtSi2. The smallest absolute Gasteiger partial charge is 0.198 e. The summed E-state index contributed by atoms with van der Waals surface area (Å²) >= 11 is 0. The van der Waals surface area contributed by atoms with Crippen molar-refractivity contribution >= 4 is 16.6 Å². The van der Waals surface area contributed by atoms with Crippen molar-refractivity contribution in [2.45, 2.75) is 26.2 Å². The fraction of sp³-hybridized carbons (Fsp3) is 0.500. The summed E-state index contributed by atoms with van der Waals surface area (Å²) in [5, 5.41) is 0. The van der Waals surface area contributed by atoms with Gasteiger partial charge >= 0.3 is 0 Å². The van der Waals surface area contributed by atoms with Crippen LogP contribution in [0.1, 0.15) is 0 Å². The Bertz CT molecular complexity index is 148. The summed E-state index contributed by atoms with van der Waals surface area (Å²) in [7, 11) is -3.16. The molecule has 0 fully saturated rings. The predicted octanol–water partition coefficient (Wildman–Crippen LogP) is 2.86. The Morgan fingerprint density at radius 1 is 0.917 bits per heavy atom. The first-order chi connectivity index (χ1) is 4.83. The van der Waals surface area contributed by atoms with Gasteiger partial charge in [0.25, 0.3) is 0 Å². The van der Waals surface area contributed by atoms with E-state index in [0.29, 0.717) is 0 Å². The van der Waals surface area contributed by atoms with Gasteiger partial charge in [0.1, 0.15) is 0 Å². The third kappa shape index (κ3) is 6.12. The summed E-state index contributed by atoms with van der Waals surface area (Å²) in [5.41, 5.74) is 3.93. The Balaban J connectivity index is 0. The molecule has 1 nitrogen and oxygen atoms in total. The quantitative estimate of drug-likeness (QED) is 0.681. The molecule has 74 valence electrons. The van der Waals surface area contributed by atoms with E-state index in [0.717, 1.165) is 0 Å². The fourth-order valence-corrected chi connectivity index (χ4v) is 6.85. The van der Waals surface area contributed by atoms with Gasteiger partial charge in [-0.15, -0.1) is 13.2 Å². The van der Waals surface area contributed by atoms with Crippen molar-refractivity contribution in [2.24, 2.45) is 0 Å². The molecule has 0 amide bonds. The second-order valence-corrected chi connectivity index (χ2v) is 11.8. The van der Waals surface area contributed by atoms with Gasteiger partial charge in [-0.2, -0.15) is 0 Å². The van der Waals surface area contributed by atoms with Gasteiger partial charge in [-0.3, -0.25) is 0 Å². The van der Waals surface area contributed by atoms with Crippen molar-refractivity contribution < 1.29 is 25.2 Å². The average Bonchev–Trinajstić information content (AvgIpc) is 1.86. The molecule has 4 heteroatoms. The molecule has 0 aromatic heterocycles. The second kappa shape index (κ2) is 5.33. The summed E-state index contributed by atoms with van der Waals surface area (Å²) in [6.07, 6.45) is 0. The first-order valence-electron chi connectivity index (χ1n) is 3.80. The van der Waals surface area contributed by atoms with Gasteiger partial charge in [-0.1, -0.05) is 11.4 Å². The molecule has 0 aliphatic heterocycles. The fourth-order valence-electron chi connectivity index (χ4n) is 0.761. The molecule has 0 rings (SSSR count). The predicted molar refractivity (Wildman–Crippen MR) is 56.4 cm³/mol. The molecular weight excluding hydrogens is 363 g/mol. The normalized spacial score (nSPS) is 11.7. The molecule has 0 heterocycles. The van der Waals surface area contributed by atoms with Crippen molar-refractivity contribution in [3.05, 3.63) is 24.6 Å². The van der Waals surface area contributed by atoms with E-state index in [1.165, 1.54) is 0 Å². The van der Waals surface area contributed by atoms with Gasteiger partial charge in [0.15, 0.2) is 16.6 Å². The monoisotopic (exact) mass is 381 g/mol. The first-order valence-corrected chi connectivity index (χ1v) is 9.77. The van der Waals surface area contributed by atoms with E-state index in [1.54, 1.807) is 0 Å². The maximum atomic E-state index is 5.97. The van der Waals surface area contributed by atoms with Crippen LogP contribution in [0.3, 0.4) is 0 Å². The minimum Gasteiger partial charge on any atom is -0.449 e. The molecule has 0 saturated heterocycles. The Kier molecular flexibility index (Phi) is 6.68. The van der Waals surface area contributed by atoms with E-state index in [1.807, 2.05) is 11.4 Å². The first kappa shape index (κ1) is 15.1. The van der Waals surface area contributed by atoms with Crippen LogP contribution in [0.5, 0.6) is 0 Å². The molecule has 0 bridgehead atoms. The molecule has 0 spiro atoms. The van der Waals surface area contributed by atoms with Gasteiger partial charge in [-0.05, 0) is 26.2 Å². The molecule has 0 aliphatic carbocycles. The van der Waals surface area contributed by atoms with Crippen molar-refractivity contribution in [3.63, 3.8) is 0 Å².